The van der Waals surface area contributed by atoms with Crippen LogP contribution in [-0.2, 0) is 10.0 Å². The lowest BCUT2D eigenvalue weighted by molar-refractivity contribution is 0.0702. The Morgan fingerprint density at radius 2 is 1.62 bits per heavy atom. The lowest BCUT2D eigenvalue weighted by Gasteiger charge is -2.33. The highest BCUT2D eigenvalue weighted by atomic mass is 35.5. The van der Waals surface area contributed by atoms with Gasteiger partial charge in [0.25, 0.3) is 5.91 Å². The Labute approximate surface area is 214 Å². The maximum Gasteiger partial charge on any atom is 0.265 e. The van der Waals surface area contributed by atoms with Gasteiger partial charge in [-0.3, -0.25) is 15.2 Å². The average Bonchev–Trinajstić information content (AvgIpc) is 3.21. The van der Waals surface area contributed by atoms with Gasteiger partial charge in [0.15, 0.2) is 0 Å². The predicted octanol–water partition coefficient (Wildman–Crippen LogP) is 2.79. The monoisotopic (exact) mass is 542 g/mol. The molecule has 3 aromatic rings. The van der Waals surface area contributed by atoms with Crippen LogP contribution in [0.5, 0.6) is 0 Å². The van der Waals surface area contributed by atoms with Crippen LogP contribution in [0.25, 0.3) is 10.6 Å². The number of aromatic nitrogens is 2. The van der Waals surface area contributed by atoms with Gasteiger partial charge in [0.2, 0.25) is 10.0 Å². The molecule has 0 aliphatic carbocycles. The number of nitrogen functional groups attached to an aromatic ring is 1. The summed E-state index contributed by atoms with van der Waals surface area (Å²) in [6, 6.07) is 9.62. The SMILES string of the molecule is Cc1nc(-c2ccncc2)sc1C(=O)N1CCN(S(=O)(=O)c2ccc(C(=N)N)cc2)CC1.Cl.Cl. The molecule has 2 aromatic heterocycles. The minimum atomic E-state index is -3.69. The number of rotatable bonds is 5. The van der Waals surface area contributed by atoms with E-state index in [9.17, 15) is 13.2 Å². The van der Waals surface area contributed by atoms with Gasteiger partial charge in [0.1, 0.15) is 15.7 Å². The molecule has 0 atom stereocenters. The zero-order valence-electron chi connectivity index (χ0n) is 18.2. The van der Waals surface area contributed by atoms with E-state index in [0.29, 0.717) is 29.2 Å². The van der Waals surface area contributed by atoms with Crippen molar-refractivity contribution in [3.05, 3.63) is 64.9 Å². The molecule has 1 aromatic carbocycles. The van der Waals surface area contributed by atoms with Gasteiger partial charge in [-0.15, -0.1) is 36.2 Å². The lowest BCUT2D eigenvalue weighted by Crippen LogP contribution is -2.50. The topological polar surface area (TPSA) is 133 Å². The van der Waals surface area contributed by atoms with Crippen molar-refractivity contribution >= 4 is 57.9 Å². The van der Waals surface area contributed by atoms with Crippen LogP contribution in [0.1, 0.15) is 20.9 Å². The number of amides is 1. The summed E-state index contributed by atoms with van der Waals surface area (Å²) >= 11 is 1.33. The van der Waals surface area contributed by atoms with E-state index in [2.05, 4.69) is 9.97 Å². The van der Waals surface area contributed by atoms with Gasteiger partial charge in [-0.1, -0.05) is 0 Å². The van der Waals surface area contributed by atoms with E-state index < -0.39 is 10.0 Å². The molecule has 13 heteroatoms. The number of hydrogen-bond acceptors (Lipinski definition) is 7. The minimum absolute atomic E-state index is 0. The smallest absolute Gasteiger partial charge is 0.265 e. The zero-order valence-corrected chi connectivity index (χ0v) is 21.4. The van der Waals surface area contributed by atoms with Crippen LogP contribution in [0, 0.1) is 12.3 Å². The molecule has 0 radical (unpaired) electrons. The van der Waals surface area contributed by atoms with E-state index in [1.54, 1.807) is 24.2 Å². The highest BCUT2D eigenvalue weighted by Crippen LogP contribution is 2.29. The molecule has 1 fully saturated rings. The first-order valence-corrected chi connectivity index (χ1v) is 12.1. The second-order valence-electron chi connectivity index (χ2n) is 7.30. The summed E-state index contributed by atoms with van der Waals surface area (Å²) in [5.41, 5.74) is 7.46. The van der Waals surface area contributed by atoms with E-state index in [1.165, 1.54) is 39.9 Å². The fourth-order valence-corrected chi connectivity index (χ4v) is 5.91. The molecule has 1 aliphatic rings. The fourth-order valence-electron chi connectivity index (χ4n) is 3.44. The molecular formula is C21H24Cl2N6O3S2. The normalized spacial score (nSPS) is 14.1. The van der Waals surface area contributed by atoms with Gasteiger partial charge in [-0.2, -0.15) is 4.31 Å². The Kier molecular flexibility index (Phi) is 9.15. The summed E-state index contributed by atoms with van der Waals surface area (Å²) in [4.78, 5) is 24.0. The summed E-state index contributed by atoms with van der Waals surface area (Å²) in [5, 5.41) is 8.18. The number of pyridine rings is 1. The van der Waals surface area contributed by atoms with E-state index >= 15 is 0 Å². The van der Waals surface area contributed by atoms with Crippen LogP contribution < -0.4 is 5.73 Å². The van der Waals surface area contributed by atoms with Crippen molar-refractivity contribution < 1.29 is 13.2 Å². The third-order valence-corrected chi connectivity index (χ3v) is 8.35. The van der Waals surface area contributed by atoms with E-state index in [-0.39, 0.29) is 54.5 Å². The van der Waals surface area contributed by atoms with E-state index in [4.69, 9.17) is 11.1 Å². The summed E-state index contributed by atoms with van der Waals surface area (Å²) in [7, 11) is -3.69. The van der Waals surface area contributed by atoms with Gasteiger partial charge in [0.05, 0.1) is 10.6 Å². The largest absolute Gasteiger partial charge is 0.384 e. The molecule has 0 unspecified atom stereocenters. The summed E-state index contributed by atoms with van der Waals surface area (Å²) in [5.74, 6) is -0.255. The van der Waals surface area contributed by atoms with Crippen molar-refractivity contribution in [2.24, 2.45) is 5.73 Å². The molecule has 9 nitrogen and oxygen atoms in total. The number of amidine groups is 1. The highest BCUT2D eigenvalue weighted by molar-refractivity contribution is 7.89. The molecule has 1 amide bonds. The van der Waals surface area contributed by atoms with Gasteiger partial charge in [-0.25, -0.2) is 13.4 Å². The first-order chi connectivity index (χ1) is 15.3. The molecule has 0 saturated carbocycles. The van der Waals surface area contributed by atoms with Crippen LogP contribution in [0.4, 0.5) is 0 Å². The third-order valence-electron chi connectivity index (χ3n) is 5.25. The number of nitrogens with one attached hydrogen (secondary N) is 1. The van der Waals surface area contributed by atoms with Crippen molar-refractivity contribution in [2.45, 2.75) is 11.8 Å². The van der Waals surface area contributed by atoms with Gasteiger partial charge in [-0.05, 0) is 43.3 Å². The zero-order chi connectivity index (χ0) is 22.9. The average molecular weight is 544 g/mol. The predicted molar refractivity (Wildman–Crippen MR) is 137 cm³/mol. The quantitative estimate of drug-likeness (QED) is 0.376. The highest BCUT2D eigenvalue weighted by Gasteiger charge is 2.31. The number of carbonyl (C=O) groups excluding carboxylic acids is 1. The van der Waals surface area contributed by atoms with Crippen molar-refractivity contribution in [3.8, 4) is 10.6 Å². The number of sulfonamides is 1. The number of nitrogens with two attached hydrogens (primary N) is 1. The molecule has 4 rings (SSSR count). The number of piperazine rings is 1. The first kappa shape index (κ1) is 27.7. The molecule has 3 N–H and O–H groups in total. The summed E-state index contributed by atoms with van der Waals surface area (Å²) in [6.07, 6.45) is 3.36. The molecule has 182 valence electrons. The van der Waals surface area contributed by atoms with E-state index in [0.717, 1.165) is 10.6 Å². The van der Waals surface area contributed by atoms with Crippen molar-refractivity contribution in [2.75, 3.05) is 26.2 Å². The van der Waals surface area contributed by atoms with Crippen molar-refractivity contribution in [1.82, 2.24) is 19.2 Å². The second-order valence-corrected chi connectivity index (χ2v) is 10.2. The van der Waals surface area contributed by atoms with Crippen LogP contribution >= 0.6 is 36.2 Å². The van der Waals surface area contributed by atoms with Crippen LogP contribution in [0.15, 0.2) is 53.7 Å². The second kappa shape index (κ2) is 11.2. The molecule has 3 heterocycles. The number of halogens is 2. The van der Waals surface area contributed by atoms with Crippen molar-refractivity contribution in [1.29, 1.82) is 5.41 Å². The Balaban J connectivity index is 0.00000204. The van der Waals surface area contributed by atoms with Gasteiger partial charge in [0, 0.05) is 49.7 Å². The fraction of sp³-hybridized carbons (Fsp3) is 0.238. The number of carbonyl (C=O) groups is 1. The molecular weight excluding hydrogens is 519 g/mol. The Morgan fingerprint density at radius 3 is 2.18 bits per heavy atom. The maximum absolute atomic E-state index is 13.1. The molecule has 1 aliphatic heterocycles. The molecule has 0 bridgehead atoms. The summed E-state index contributed by atoms with van der Waals surface area (Å²) < 4.78 is 27.3. The van der Waals surface area contributed by atoms with Gasteiger partial charge >= 0.3 is 0 Å². The number of hydrogen-bond donors (Lipinski definition) is 2. The van der Waals surface area contributed by atoms with Gasteiger partial charge < -0.3 is 10.6 Å². The number of aryl methyl sites for hydroxylation is 1. The molecule has 1 saturated heterocycles. The maximum atomic E-state index is 13.1. The number of thiazole rings is 1. The minimum Gasteiger partial charge on any atom is -0.384 e. The van der Waals surface area contributed by atoms with Crippen LogP contribution in [-0.4, -0.2) is 65.5 Å². The Bertz CT molecular complexity index is 1260. The number of benzene rings is 1. The van der Waals surface area contributed by atoms with Crippen molar-refractivity contribution in [3.63, 3.8) is 0 Å². The standard InChI is InChI=1S/C21H22N6O3S2.2ClH/c1-14-18(31-20(25-14)16-6-8-24-9-7-16)21(28)26-10-12-27(13-11-26)32(29,30)17-4-2-15(3-5-17)19(22)23;;/h2-9H,10-13H2,1H3,(H3,22,23);2*1H. The molecule has 0 spiro atoms. The molecule has 34 heavy (non-hydrogen) atoms. The summed E-state index contributed by atoms with van der Waals surface area (Å²) in [6.45, 7) is 2.81. The van der Waals surface area contributed by atoms with Crippen LogP contribution in [0.3, 0.4) is 0 Å². The Morgan fingerprint density at radius 1 is 1.03 bits per heavy atom. The number of nitrogens with zero attached hydrogens (tertiary/aromatic N) is 4. The first-order valence-electron chi connectivity index (χ1n) is 9.89. The van der Waals surface area contributed by atoms with E-state index in [1.807, 2.05) is 12.1 Å². The lowest BCUT2D eigenvalue weighted by atomic mass is 10.2. The third kappa shape index (κ3) is 5.56. The Hall–Kier alpha value is -2.57. The van der Waals surface area contributed by atoms with Crippen LogP contribution in [0.2, 0.25) is 0 Å².